The van der Waals surface area contributed by atoms with Crippen molar-refractivity contribution in [1.29, 1.82) is 0 Å². The van der Waals surface area contributed by atoms with Crippen LogP contribution < -0.4 is 10.2 Å². The van der Waals surface area contributed by atoms with Crippen molar-refractivity contribution in [1.82, 2.24) is 24.6 Å². The van der Waals surface area contributed by atoms with Crippen molar-refractivity contribution in [3.05, 3.63) is 47.5 Å². The quantitative estimate of drug-likeness (QED) is 0.703. The zero-order valence-corrected chi connectivity index (χ0v) is 17.7. The molecule has 2 aromatic heterocycles. The molecule has 1 unspecified atom stereocenters. The van der Waals surface area contributed by atoms with E-state index in [1.165, 1.54) is 16.8 Å². The van der Waals surface area contributed by atoms with E-state index in [4.69, 9.17) is 0 Å². The van der Waals surface area contributed by atoms with Crippen LogP contribution in [0.2, 0.25) is 0 Å². The molecule has 156 valence electrons. The number of pyridine rings is 1. The molecular weight excluding hydrogens is 392 g/mol. The number of hydrogen-bond acceptors (Lipinski definition) is 7. The van der Waals surface area contributed by atoms with Gasteiger partial charge in [0, 0.05) is 58.2 Å². The maximum absolute atomic E-state index is 12.8. The Kier molecular flexibility index (Phi) is 6.43. The summed E-state index contributed by atoms with van der Waals surface area (Å²) < 4.78 is 25.2. The lowest BCUT2D eigenvalue weighted by Gasteiger charge is -2.18. The van der Waals surface area contributed by atoms with Crippen LogP contribution in [0, 0.1) is 0 Å². The van der Waals surface area contributed by atoms with Crippen LogP contribution in [0.4, 0.5) is 5.95 Å². The summed E-state index contributed by atoms with van der Waals surface area (Å²) in [4.78, 5) is 27.4. The van der Waals surface area contributed by atoms with Crippen molar-refractivity contribution in [3.8, 4) is 0 Å². The number of nitrogens with zero attached hydrogens (tertiary/aromatic N) is 5. The smallest absolute Gasteiger partial charge is 0.254 e. The van der Waals surface area contributed by atoms with Gasteiger partial charge >= 0.3 is 0 Å². The first-order valence-electron chi connectivity index (χ1n) is 9.42. The summed E-state index contributed by atoms with van der Waals surface area (Å²) in [6.45, 7) is 1.21. The highest BCUT2D eigenvalue weighted by Gasteiger charge is 2.33. The van der Waals surface area contributed by atoms with Crippen molar-refractivity contribution in [2.75, 3.05) is 44.9 Å². The van der Waals surface area contributed by atoms with Crippen molar-refractivity contribution in [2.45, 2.75) is 18.8 Å². The summed E-state index contributed by atoms with van der Waals surface area (Å²) in [5.41, 5.74) is 2.07. The van der Waals surface area contributed by atoms with E-state index in [-0.39, 0.29) is 11.8 Å². The van der Waals surface area contributed by atoms with Crippen molar-refractivity contribution in [3.63, 3.8) is 0 Å². The molecule has 0 bridgehead atoms. The molecule has 1 aliphatic heterocycles. The average molecular weight is 419 g/mol. The number of hydrogen-bond donors (Lipinski definition) is 1. The molecule has 1 saturated heterocycles. The molecule has 0 aromatic carbocycles. The molecule has 9 nitrogen and oxygen atoms in total. The molecule has 3 rings (SSSR count). The summed E-state index contributed by atoms with van der Waals surface area (Å²) in [5, 5.41) is 2.92. The first-order valence-corrected chi connectivity index (χ1v) is 11.3. The fourth-order valence-corrected chi connectivity index (χ4v) is 4.19. The number of nitrogens with one attached hydrogen (secondary N) is 1. The van der Waals surface area contributed by atoms with Crippen LogP contribution in [0.1, 0.15) is 34.0 Å². The molecule has 1 N–H and O–H groups in total. The van der Waals surface area contributed by atoms with Gasteiger partial charge in [0.05, 0.1) is 17.5 Å². The molecule has 10 heteroatoms. The van der Waals surface area contributed by atoms with Crippen LogP contribution in [-0.2, 0) is 16.4 Å². The van der Waals surface area contributed by atoms with E-state index in [9.17, 15) is 13.2 Å². The summed E-state index contributed by atoms with van der Waals surface area (Å²) >= 11 is 0. The lowest BCUT2D eigenvalue weighted by atomic mass is 10.00. The van der Waals surface area contributed by atoms with Crippen LogP contribution in [0.15, 0.2) is 30.7 Å². The normalized spacial score (nSPS) is 17.3. The van der Waals surface area contributed by atoms with Crippen LogP contribution in [0.25, 0.3) is 0 Å². The molecule has 1 fully saturated rings. The Morgan fingerprint density at radius 2 is 2.03 bits per heavy atom. The van der Waals surface area contributed by atoms with Gasteiger partial charge in [0.15, 0.2) is 0 Å². The molecule has 1 atom stereocenters. The van der Waals surface area contributed by atoms with Crippen LogP contribution in [0.5, 0.6) is 0 Å². The lowest BCUT2D eigenvalue weighted by Crippen LogP contribution is -2.30. The predicted octanol–water partition coefficient (Wildman–Crippen LogP) is 0.659. The largest absolute Gasteiger partial charge is 0.352 e. The van der Waals surface area contributed by atoms with E-state index >= 15 is 0 Å². The average Bonchev–Trinajstić information content (AvgIpc) is 3.19. The Balaban J connectivity index is 1.77. The third-order valence-electron chi connectivity index (χ3n) is 4.91. The SMILES string of the molecule is CN(C)c1ncc(C(=O)NCCc2ccncc2)c(C2CCN(S(C)(=O)=O)C2)n1. The monoisotopic (exact) mass is 418 g/mol. The number of aromatic nitrogens is 3. The summed E-state index contributed by atoms with van der Waals surface area (Å²) in [6.07, 6.45) is 7.48. The van der Waals surface area contributed by atoms with Crippen LogP contribution in [-0.4, -0.2) is 73.6 Å². The highest BCUT2D eigenvalue weighted by Crippen LogP contribution is 2.30. The molecular formula is C19H26N6O3S. The Morgan fingerprint density at radius 1 is 1.31 bits per heavy atom. The maximum atomic E-state index is 12.8. The summed E-state index contributed by atoms with van der Waals surface area (Å²) in [5.74, 6) is 0.0932. The van der Waals surface area contributed by atoms with Gasteiger partial charge in [-0.15, -0.1) is 0 Å². The Hall–Kier alpha value is -2.59. The molecule has 0 saturated carbocycles. The first kappa shape index (κ1) is 21.1. The molecule has 2 aromatic rings. The molecule has 0 radical (unpaired) electrons. The number of rotatable bonds is 7. The van der Waals surface area contributed by atoms with Gasteiger partial charge in [0.25, 0.3) is 5.91 Å². The van der Waals surface area contributed by atoms with E-state index in [1.54, 1.807) is 17.3 Å². The molecule has 3 heterocycles. The van der Waals surface area contributed by atoms with Crippen LogP contribution in [0.3, 0.4) is 0 Å². The molecule has 29 heavy (non-hydrogen) atoms. The van der Waals surface area contributed by atoms with Gasteiger partial charge in [-0.3, -0.25) is 9.78 Å². The van der Waals surface area contributed by atoms with E-state index in [2.05, 4.69) is 20.3 Å². The number of anilines is 1. The molecule has 0 spiro atoms. The Labute approximate surface area is 171 Å². The standard InChI is InChI=1S/C19H26N6O3S/c1-24(2)19-22-12-16(18(26)21-10-6-14-4-8-20-9-5-14)17(23-19)15-7-11-25(13-15)29(3,27)28/h4-5,8-9,12,15H,6-7,10-11,13H2,1-3H3,(H,21,26). The topological polar surface area (TPSA) is 108 Å². The zero-order chi connectivity index (χ0) is 21.0. The highest BCUT2D eigenvalue weighted by atomic mass is 32.2. The summed E-state index contributed by atoms with van der Waals surface area (Å²) in [7, 11) is 0.375. The second-order valence-corrected chi connectivity index (χ2v) is 9.31. The first-order chi connectivity index (χ1) is 13.8. The minimum atomic E-state index is -3.27. The highest BCUT2D eigenvalue weighted by molar-refractivity contribution is 7.88. The van der Waals surface area contributed by atoms with E-state index in [1.807, 2.05) is 26.2 Å². The van der Waals surface area contributed by atoms with Crippen molar-refractivity contribution in [2.24, 2.45) is 0 Å². The number of carbonyl (C=O) groups excluding carboxylic acids is 1. The fraction of sp³-hybridized carbons (Fsp3) is 0.474. The van der Waals surface area contributed by atoms with E-state index in [0.29, 0.717) is 49.7 Å². The van der Waals surface area contributed by atoms with Gasteiger partial charge in [-0.05, 0) is 30.5 Å². The number of carbonyl (C=O) groups is 1. The fourth-order valence-electron chi connectivity index (χ4n) is 3.30. The van der Waals surface area contributed by atoms with Crippen molar-refractivity contribution >= 4 is 21.9 Å². The van der Waals surface area contributed by atoms with Gasteiger partial charge in [-0.1, -0.05) is 0 Å². The second kappa shape index (κ2) is 8.83. The molecule has 1 aliphatic rings. The minimum absolute atomic E-state index is 0.146. The van der Waals surface area contributed by atoms with E-state index in [0.717, 1.165) is 5.56 Å². The zero-order valence-electron chi connectivity index (χ0n) is 16.9. The second-order valence-electron chi connectivity index (χ2n) is 7.33. The van der Waals surface area contributed by atoms with Crippen molar-refractivity contribution < 1.29 is 13.2 Å². The van der Waals surface area contributed by atoms with Gasteiger partial charge < -0.3 is 10.2 Å². The third-order valence-corrected chi connectivity index (χ3v) is 6.18. The minimum Gasteiger partial charge on any atom is -0.352 e. The lowest BCUT2D eigenvalue weighted by molar-refractivity contribution is 0.0952. The van der Waals surface area contributed by atoms with Gasteiger partial charge in [-0.25, -0.2) is 22.7 Å². The van der Waals surface area contributed by atoms with Gasteiger partial charge in [0.1, 0.15) is 0 Å². The molecule has 1 amide bonds. The predicted molar refractivity (Wildman–Crippen MR) is 110 cm³/mol. The summed E-state index contributed by atoms with van der Waals surface area (Å²) in [6, 6.07) is 3.82. The maximum Gasteiger partial charge on any atom is 0.254 e. The van der Waals surface area contributed by atoms with Gasteiger partial charge in [0.2, 0.25) is 16.0 Å². The Morgan fingerprint density at radius 3 is 2.66 bits per heavy atom. The number of amides is 1. The molecule has 0 aliphatic carbocycles. The third kappa shape index (κ3) is 5.27. The van der Waals surface area contributed by atoms with E-state index < -0.39 is 10.0 Å². The Bertz CT molecular complexity index is 965. The number of sulfonamides is 1. The van der Waals surface area contributed by atoms with Gasteiger partial charge in [-0.2, -0.15) is 0 Å². The van der Waals surface area contributed by atoms with Crippen LogP contribution >= 0.6 is 0 Å².